The highest BCUT2D eigenvalue weighted by Gasteiger charge is 2.39. The number of carbonyl (C=O) groups excluding carboxylic acids is 1. The zero-order valence-corrected chi connectivity index (χ0v) is 11.9. The van der Waals surface area contributed by atoms with E-state index in [0.29, 0.717) is 25.9 Å². The SMILES string of the molecule is COCC(C)CC(=O)NC1(C(=O)O)CCCCCC1. The van der Waals surface area contributed by atoms with E-state index in [1.165, 1.54) is 0 Å². The fourth-order valence-corrected chi connectivity index (χ4v) is 2.70. The van der Waals surface area contributed by atoms with Crippen molar-refractivity contribution in [2.45, 2.75) is 57.4 Å². The van der Waals surface area contributed by atoms with Gasteiger partial charge < -0.3 is 15.2 Å². The summed E-state index contributed by atoms with van der Waals surface area (Å²) in [5.74, 6) is -0.988. The van der Waals surface area contributed by atoms with Gasteiger partial charge in [0.05, 0.1) is 0 Å². The van der Waals surface area contributed by atoms with Crippen LogP contribution in [0.15, 0.2) is 0 Å². The second kappa shape index (κ2) is 7.48. The Morgan fingerprint density at radius 3 is 2.32 bits per heavy atom. The van der Waals surface area contributed by atoms with Crippen LogP contribution >= 0.6 is 0 Å². The van der Waals surface area contributed by atoms with Crippen molar-refractivity contribution in [2.75, 3.05) is 13.7 Å². The van der Waals surface area contributed by atoms with E-state index in [1.54, 1.807) is 7.11 Å². The molecule has 0 bridgehead atoms. The van der Waals surface area contributed by atoms with Crippen LogP contribution in [0.2, 0.25) is 0 Å². The topological polar surface area (TPSA) is 75.6 Å². The minimum atomic E-state index is -1.06. The molecule has 1 atom stereocenters. The third-order valence-corrected chi connectivity index (χ3v) is 3.73. The van der Waals surface area contributed by atoms with Crippen LogP contribution in [-0.2, 0) is 14.3 Å². The third kappa shape index (κ3) is 4.82. The number of carboxylic acids is 1. The number of hydrogen-bond acceptors (Lipinski definition) is 3. The van der Waals surface area contributed by atoms with Crippen molar-refractivity contribution >= 4 is 11.9 Å². The largest absolute Gasteiger partial charge is 0.480 e. The van der Waals surface area contributed by atoms with Gasteiger partial charge in [-0.15, -0.1) is 0 Å². The highest BCUT2D eigenvalue weighted by atomic mass is 16.5. The lowest BCUT2D eigenvalue weighted by Crippen LogP contribution is -2.54. The van der Waals surface area contributed by atoms with Gasteiger partial charge in [0.25, 0.3) is 0 Å². The number of methoxy groups -OCH3 is 1. The molecule has 1 aliphatic rings. The molecule has 5 nitrogen and oxygen atoms in total. The Morgan fingerprint density at radius 1 is 1.26 bits per heavy atom. The van der Waals surface area contributed by atoms with Crippen LogP contribution in [0.25, 0.3) is 0 Å². The van der Waals surface area contributed by atoms with E-state index >= 15 is 0 Å². The summed E-state index contributed by atoms with van der Waals surface area (Å²) >= 11 is 0. The van der Waals surface area contributed by atoms with Gasteiger partial charge in [0.1, 0.15) is 5.54 Å². The number of aliphatic carboxylic acids is 1. The van der Waals surface area contributed by atoms with Crippen molar-refractivity contribution in [3.05, 3.63) is 0 Å². The van der Waals surface area contributed by atoms with Crippen LogP contribution in [0.5, 0.6) is 0 Å². The second-order valence-corrected chi connectivity index (χ2v) is 5.61. The fourth-order valence-electron chi connectivity index (χ4n) is 2.70. The normalized spacial score (nSPS) is 20.3. The lowest BCUT2D eigenvalue weighted by atomic mass is 9.89. The molecule has 19 heavy (non-hydrogen) atoms. The average Bonchev–Trinajstić information content (AvgIpc) is 2.55. The Morgan fingerprint density at radius 2 is 1.84 bits per heavy atom. The standard InChI is InChI=1S/C14H25NO4/c1-11(10-19-2)9-12(16)15-14(13(17)18)7-5-3-4-6-8-14/h11H,3-10H2,1-2H3,(H,15,16)(H,17,18). The summed E-state index contributed by atoms with van der Waals surface area (Å²) in [6.07, 6.45) is 5.19. The minimum Gasteiger partial charge on any atom is -0.480 e. The van der Waals surface area contributed by atoms with Gasteiger partial charge in [-0.05, 0) is 18.8 Å². The molecule has 1 rings (SSSR count). The molecule has 110 valence electrons. The Hall–Kier alpha value is -1.10. The first-order valence-electron chi connectivity index (χ1n) is 7.03. The first-order chi connectivity index (χ1) is 9.00. The fraction of sp³-hybridized carbons (Fsp3) is 0.857. The summed E-state index contributed by atoms with van der Waals surface area (Å²) in [5, 5.41) is 12.2. The summed E-state index contributed by atoms with van der Waals surface area (Å²) in [4.78, 5) is 23.5. The molecule has 1 aliphatic carbocycles. The van der Waals surface area contributed by atoms with Crippen LogP contribution < -0.4 is 5.32 Å². The maximum atomic E-state index is 12.0. The summed E-state index contributed by atoms with van der Waals surface area (Å²) < 4.78 is 4.99. The van der Waals surface area contributed by atoms with Crippen molar-refractivity contribution in [1.82, 2.24) is 5.32 Å². The summed E-state index contributed by atoms with van der Waals surface area (Å²) in [5.41, 5.74) is -1.06. The van der Waals surface area contributed by atoms with Crippen molar-refractivity contribution in [3.8, 4) is 0 Å². The third-order valence-electron chi connectivity index (χ3n) is 3.73. The maximum absolute atomic E-state index is 12.0. The number of carboxylic acid groups (broad SMARTS) is 1. The van der Waals surface area contributed by atoms with E-state index in [1.807, 2.05) is 6.92 Å². The lowest BCUT2D eigenvalue weighted by molar-refractivity contribution is -0.148. The molecule has 0 radical (unpaired) electrons. The number of nitrogens with one attached hydrogen (secondary N) is 1. The molecule has 1 saturated carbocycles. The number of amides is 1. The predicted octanol–water partition coefficient (Wildman–Crippen LogP) is 1.95. The van der Waals surface area contributed by atoms with E-state index in [2.05, 4.69) is 5.32 Å². The van der Waals surface area contributed by atoms with E-state index in [-0.39, 0.29) is 11.8 Å². The van der Waals surface area contributed by atoms with Gasteiger partial charge in [0.15, 0.2) is 0 Å². The van der Waals surface area contributed by atoms with E-state index < -0.39 is 11.5 Å². The summed E-state index contributed by atoms with van der Waals surface area (Å²) in [6.45, 7) is 2.43. The molecule has 0 aromatic rings. The highest BCUT2D eigenvalue weighted by molar-refractivity contribution is 5.87. The molecule has 1 unspecified atom stereocenters. The molecule has 0 aliphatic heterocycles. The Bertz CT molecular complexity index is 309. The molecule has 5 heteroatoms. The average molecular weight is 271 g/mol. The van der Waals surface area contributed by atoms with Crippen LogP contribution in [-0.4, -0.2) is 36.2 Å². The van der Waals surface area contributed by atoms with E-state index in [0.717, 1.165) is 25.7 Å². The molecule has 0 aromatic carbocycles. The van der Waals surface area contributed by atoms with E-state index in [9.17, 15) is 14.7 Å². The van der Waals surface area contributed by atoms with Crippen LogP contribution in [0.1, 0.15) is 51.9 Å². The molecule has 0 aromatic heterocycles. The van der Waals surface area contributed by atoms with Crippen LogP contribution in [0.3, 0.4) is 0 Å². The molecule has 1 fully saturated rings. The van der Waals surface area contributed by atoms with Crippen LogP contribution in [0.4, 0.5) is 0 Å². The Kier molecular flexibility index (Phi) is 6.28. The number of carbonyl (C=O) groups is 2. The van der Waals surface area contributed by atoms with Crippen molar-refractivity contribution in [3.63, 3.8) is 0 Å². The van der Waals surface area contributed by atoms with Crippen molar-refractivity contribution < 1.29 is 19.4 Å². The molecule has 0 heterocycles. The molecule has 0 saturated heterocycles. The number of ether oxygens (including phenoxy) is 1. The summed E-state index contributed by atoms with van der Waals surface area (Å²) in [7, 11) is 1.60. The van der Waals surface area contributed by atoms with Gasteiger partial charge in [0, 0.05) is 20.1 Å². The maximum Gasteiger partial charge on any atom is 0.329 e. The predicted molar refractivity (Wildman–Crippen MR) is 71.9 cm³/mol. The molecule has 1 amide bonds. The molecule has 2 N–H and O–H groups in total. The minimum absolute atomic E-state index is 0.0987. The Labute approximate surface area is 114 Å². The van der Waals surface area contributed by atoms with Gasteiger partial charge in [-0.25, -0.2) is 4.79 Å². The number of hydrogen-bond donors (Lipinski definition) is 2. The van der Waals surface area contributed by atoms with Gasteiger partial charge in [-0.1, -0.05) is 32.6 Å². The first-order valence-corrected chi connectivity index (χ1v) is 7.03. The zero-order valence-electron chi connectivity index (χ0n) is 11.9. The van der Waals surface area contributed by atoms with Gasteiger partial charge >= 0.3 is 5.97 Å². The smallest absolute Gasteiger partial charge is 0.329 e. The summed E-state index contributed by atoms with van der Waals surface area (Å²) in [6, 6.07) is 0. The second-order valence-electron chi connectivity index (χ2n) is 5.61. The van der Waals surface area contributed by atoms with Crippen molar-refractivity contribution in [1.29, 1.82) is 0 Å². The quantitative estimate of drug-likeness (QED) is 0.724. The van der Waals surface area contributed by atoms with Gasteiger partial charge in [0.2, 0.25) is 5.91 Å². The zero-order chi connectivity index (χ0) is 14.3. The van der Waals surface area contributed by atoms with Crippen LogP contribution in [0, 0.1) is 5.92 Å². The first kappa shape index (κ1) is 16.0. The molecular formula is C14H25NO4. The molecular weight excluding hydrogens is 246 g/mol. The van der Waals surface area contributed by atoms with Gasteiger partial charge in [-0.3, -0.25) is 4.79 Å². The van der Waals surface area contributed by atoms with E-state index in [4.69, 9.17) is 4.74 Å². The Balaban J connectivity index is 2.62. The molecule has 0 spiro atoms. The lowest BCUT2D eigenvalue weighted by Gasteiger charge is -2.29. The van der Waals surface area contributed by atoms with Crippen molar-refractivity contribution in [2.24, 2.45) is 5.92 Å². The highest BCUT2D eigenvalue weighted by Crippen LogP contribution is 2.27. The monoisotopic (exact) mass is 271 g/mol. The van der Waals surface area contributed by atoms with Gasteiger partial charge in [-0.2, -0.15) is 0 Å². The number of rotatable bonds is 6.